The molecule has 15 heavy (non-hydrogen) atoms. The summed E-state index contributed by atoms with van der Waals surface area (Å²) in [7, 11) is 0. The topological polar surface area (TPSA) is 23.8 Å². The Bertz CT molecular complexity index is 533. The van der Waals surface area contributed by atoms with Crippen LogP contribution < -0.4 is 0 Å². The first kappa shape index (κ1) is 9.73. The highest BCUT2D eigenvalue weighted by Crippen LogP contribution is 2.26. The molecule has 2 aromatic carbocycles. The summed E-state index contributed by atoms with van der Waals surface area (Å²) in [5, 5.41) is 11.4. The van der Waals surface area contributed by atoms with Crippen molar-refractivity contribution in [2.75, 3.05) is 0 Å². The smallest absolute Gasteiger partial charge is 0.100 e. The van der Waals surface area contributed by atoms with E-state index in [4.69, 9.17) is 0 Å². The van der Waals surface area contributed by atoms with Crippen molar-refractivity contribution in [2.45, 2.75) is 19.8 Å². The van der Waals surface area contributed by atoms with Crippen LogP contribution in [0.5, 0.6) is 0 Å². The molecule has 0 aliphatic rings. The predicted octanol–water partition coefficient (Wildman–Crippen LogP) is 3.83. The second-order valence-electron chi connectivity index (χ2n) is 4.02. The molecule has 0 N–H and O–H groups in total. The molecule has 0 amide bonds. The molecule has 2 aromatic rings. The van der Waals surface area contributed by atoms with Crippen molar-refractivity contribution in [3.63, 3.8) is 0 Å². The lowest BCUT2D eigenvalue weighted by molar-refractivity contribution is 0.865. The minimum atomic E-state index is 0.393. The summed E-state index contributed by atoms with van der Waals surface area (Å²) < 4.78 is 0. The Morgan fingerprint density at radius 3 is 2.47 bits per heavy atom. The van der Waals surface area contributed by atoms with Gasteiger partial charge in [0.2, 0.25) is 0 Å². The van der Waals surface area contributed by atoms with Crippen LogP contribution >= 0.6 is 0 Å². The summed E-state index contributed by atoms with van der Waals surface area (Å²) in [5.41, 5.74) is 1.96. The molecule has 0 unspecified atom stereocenters. The van der Waals surface area contributed by atoms with Gasteiger partial charge in [-0.15, -0.1) is 0 Å². The molecular weight excluding hydrogens is 182 g/mol. The summed E-state index contributed by atoms with van der Waals surface area (Å²) in [5.74, 6) is 0.393. The van der Waals surface area contributed by atoms with Crippen LogP contribution in [0, 0.1) is 11.3 Å². The second-order valence-corrected chi connectivity index (χ2v) is 4.02. The largest absolute Gasteiger partial charge is 0.192 e. The van der Waals surface area contributed by atoms with Crippen LogP contribution in [0.4, 0.5) is 0 Å². The van der Waals surface area contributed by atoms with E-state index < -0.39 is 0 Å². The van der Waals surface area contributed by atoms with E-state index in [1.807, 2.05) is 24.3 Å². The van der Waals surface area contributed by atoms with Crippen LogP contribution in [-0.4, -0.2) is 0 Å². The molecule has 0 heterocycles. The van der Waals surface area contributed by atoms with Gasteiger partial charge in [-0.1, -0.05) is 50.2 Å². The van der Waals surface area contributed by atoms with Crippen molar-refractivity contribution in [1.29, 1.82) is 5.26 Å². The zero-order valence-electron chi connectivity index (χ0n) is 8.99. The number of rotatable bonds is 1. The van der Waals surface area contributed by atoms with Gasteiger partial charge < -0.3 is 0 Å². The highest BCUT2D eigenvalue weighted by atomic mass is 14.3. The first-order chi connectivity index (χ1) is 7.24. The number of hydrogen-bond acceptors (Lipinski definition) is 1. The normalized spacial score (nSPS) is 10.5. The molecule has 74 valence electrons. The van der Waals surface area contributed by atoms with Gasteiger partial charge in [-0.2, -0.15) is 5.26 Å². The predicted molar refractivity (Wildman–Crippen MR) is 62.8 cm³/mol. The summed E-state index contributed by atoms with van der Waals surface area (Å²) in [4.78, 5) is 0. The molecule has 0 aromatic heterocycles. The van der Waals surface area contributed by atoms with Crippen molar-refractivity contribution >= 4 is 10.8 Å². The van der Waals surface area contributed by atoms with E-state index in [0.29, 0.717) is 5.92 Å². The quantitative estimate of drug-likeness (QED) is 0.678. The minimum Gasteiger partial charge on any atom is -0.192 e. The van der Waals surface area contributed by atoms with Crippen LogP contribution in [0.3, 0.4) is 0 Å². The Morgan fingerprint density at radius 2 is 1.80 bits per heavy atom. The standard InChI is InChI=1S/C14H13N/c1-10(2)12-8-7-11-5-3-4-6-13(11)14(12)9-15/h3-8,10H,1-2H3. The van der Waals surface area contributed by atoms with Crippen molar-refractivity contribution < 1.29 is 0 Å². The van der Waals surface area contributed by atoms with Gasteiger partial charge in [-0.05, 0) is 22.3 Å². The van der Waals surface area contributed by atoms with Gasteiger partial charge in [0.05, 0.1) is 5.56 Å². The molecule has 0 saturated heterocycles. The summed E-state index contributed by atoms with van der Waals surface area (Å²) in [6.07, 6.45) is 0. The van der Waals surface area contributed by atoms with E-state index in [1.165, 1.54) is 0 Å². The molecule has 0 radical (unpaired) electrons. The number of nitrogens with zero attached hydrogens (tertiary/aromatic N) is 1. The summed E-state index contributed by atoms with van der Waals surface area (Å²) in [6, 6.07) is 14.5. The maximum Gasteiger partial charge on any atom is 0.100 e. The molecule has 0 aliphatic carbocycles. The highest BCUT2D eigenvalue weighted by Gasteiger charge is 2.09. The number of fused-ring (bicyclic) bond motifs is 1. The molecule has 0 saturated carbocycles. The molecule has 0 atom stereocenters. The van der Waals surface area contributed by atoms with Crippen LogP contribution in [0.15, 0.2) is 36.4 Å². The molecule has 0 fully saturated rings. The van der Waals surface area contributed by atoms with Crippen LogP contribution in [-0.2, 0) is 0 Å². The van der Waals surface area contributed by atoms with E-state index in [-0.39, 0.29) is 0 Å². The maximum atomic E-state index is 9.22. The van der Waals surface area contributed by atoms with Crippen LogP contribution in [0.2, 0.25) is 0 Å². The van der Waals surface area contributed by atoms with Gasteiger partial charge in [-0.25, -0.2) is 0 Å². The number of hydrogen-bond donors (Lipinski definition) is 0. The zero-order valence-corrected chi connectivity index (χ0v) is 8.99. The van der Waals surface area contributed by atoms with Crippen molar-refractivity contribution in [3.8, 4) is 6.07 Å². The van der Waals surface area contributed by atoms with E-state index in [1.54, 1.807) is 0 Å². The van der Waals surface area contributed by atoms with Gasteiger partial charge >= 0.3 is 0 Å². The Kier molecular flexibility index (Phi) is 2.43. The van der Waals surface area contributed by atoms with E-state index in [2.05, 4.69) is 32.0 Å². The fraction of sp³-hybridized carbons (Fsp3) is 0.214. The fourth-order valence-electron chi connectivity index (χ4n) is 1.89. The van der Waals surface area contributed by atoms with Crippen molar-refractivity contribution in [3.05, 3.63) is 47.5 Å². The van der Waals surface area contributed by atoms with Gasteiger partial charge in [0.1, 0.15) is 6.07 Å². The lowest BCUT2D eigenvalue weighted by Gasteiger charge is -2.10. The summed E-state index contributed by atoms with van der Waals surface area (Å²) in [6.45, 7) is 4.23. The van der Waals surface area contributed by atoms with Crippen LogP contribution in [0.1, 0.15) is 30.9 Å². The van der Waals surface area contributed by atoms with Gasteiger partial charge in [0, 0.05) is 0 Å². The van der Waals surface area contributed by atoms with E-state index in [9.17, 15) is 5.26 Å². The van der Waals surface area contributed by atoms with Crippen molar-refractivity contribution in [2.24, 2.45) is 0 Å². The average molecular weight is 195 g/mol. The Hall–Kier alpha value is -1.81. The average Bonchev–Trinajstić information content (AvgIpc) is 2.27. The fourth-order valence-corrected chi connectivity index (χ4v) is 1.89. The minimum absolute atomic E-state index is 0.393. The summed E-state index contributed by atoms with van der Waals surface area (Å²) >= 11 is 0. The maximum absolute atomic E-state index is 9.22. The van der Waals surface area contributed by atoms with Crippen molar-refractivity contribution in [1.82, 2.24) is 0 Å². The third-order valence-corrected chi connectivity index (χ3v) is 2.70. The Morgan fingerprint density at radius 1 is 1.07 bits per heavy atom. The molecule has 1 nitrogen and oxygen atoms in total. The lowest BCUT2D eigenvalue weighted by atomic mass is 9.93. The first-order valence-corrected chi connectivity index (χ1v) is 5.16. The Labute approximate surface area is 90.0 Å². The third kappa shape index (κ3) is 1.59. The van der Waals surface area contributed by atoms with Gasteiger partial charge in [0.25, 0.3) is 0 Å². The van der Waals surface area contributed by atoms with Gasteiger partial charge in [0.15, 0.2) is 0 Å². The highest BCUT2D eigenvalue weighted by molar-refractivity contribution is 5.89. The molecule has 2 rings (SSSR count). The molecule has 0 spiro atoms. The second kappa shape index (κ2) is 3.74. The Balaban J connectivity index is 2.83. The third-order valence-electron chi connectivity index (χ3n) is 2.70. The molecule has 0 aliphatic heterocycles. The number of benzene rings is 2. The molecule has 0 bridgehead atoms. The molecular formula is C14H13N. The monoisotopic (exact) mass is 195 g/mol. The van der Waals surface area contributed by atoms with Crippen LogP contribution in [0.25, 0.3) is 10.8 Å². The van der Waals surface area contributed by atoms with Gasteiger partial charge in [-0.3, -0.25) is 0 Å². The molecule has 1 heteroatoms. The zero-order chi connectivity index (χ0) is 10.8. The lowest BCUT2D eigenvalue weighted by Crippen LogP contribution is -1.93. The first-order valence-electron chi connectivity index (χ1n) is 5.16. The SMILES string of the molecule is CC(C)c1ccc2ccccc2c1C#N. The van der Waals surface area contributed by atoms with E-state index >= 15 is 0 Å². The number of nitriles is 1. The van der Waals surface area contributed by atoms with E-state index in [0.717, 1.165) is 21.9 Å².